The van der Waals surface area contributed by atoms with Gasteiger partial charge in [-0.2, -0.15) is 0 Å². The van der Waals surface area contributed by atoms with Crippen molar-refractivity contribution < 1.29 is 4.74 Å². The van der Waals surface area contributed by atoms with E-state index in [2.05, 4.69) is 161 Å². The van der Waals surface area contributed by atoms with Gasteiger partial charge in [-0.25, -0.2) is 0 Å². The fourth-order valence-electron chi connectivity index (χ4n) is 8.35. The Bertz CT molecular complexity index is 2690. The van der Waals surface area contributed by atoms with E-state index < -0.39 is 0 Å². The van der Waals surface area contributed by atoms with Crippen LogP contribution in [-0.4, -0.2) is 11.1 Å². The minimum Gasteiger partial charge on any atom is -0.453 e. The first-order valence-electron chi connectivity index (χ1n) is 15.9. The standard InChI is InChI=1S/C42H25BN2O/c1-2-12-26(13-3-1)27-14-4-6-18-32(27)43-33-19-11-23-40-42(33)45(36-21-8-9-22-39(36)46-40)38-25-37-31(24-34(38)43)30-17-10-16-29-28-15-5-7-20-35(28)44(37)41(29)30/h1-25H. The van der Waals surface area contributed by atoms with Crippen LogP contribution in [0.1, 0.15) is 0 Å². The molecule has 9 aromatic rings. The van der Waals surface area contributed by atoms with Gasteiger partial charge >= 0.3 is 0 Å². The molecule has 0 unspecified atom stereocenters. The third-order valence-electron chi connectivity index (χ3n) is 10.2. The normalized spacial score (nSPS) is 13.3. The van der Waals surface area contributed by atoms with Crippen LogP contribution in [0.2, 0.25) is 0 Å². The second kappa shape index (κ2) is 8.80. The lowest BCUT2D eigenvalue weighted by atomic mass is 9.34. The summed E-state index contributed by atoms with van der Waals surface area (Å²) >= 11 is 0. The number of para-hydroxylation sites is 5. The molecule has 0 N–H and O–H groups in total. The molecule has 0 aliphatic carbocycles. The number of anilines is 3. The second-order valence-corrected chi connectivity index (χ2v) is 12.5. The Labute approximate surface area is 265 Å². The molecule has 0 amide bonds. The summed E-state index contributed by atoms with van der Waals surface area (Å²) in [5, 5.41) is 5.18. The SMILES string of the molecule is c1ccc(-c2ccccc2B2c3cc4c5cccc6c7ccccc7n(c4cc3N3c4ccccc4Oc4cccc2c43)c65)cc1. The average Bonchev–Trinajstić information content (AvgIpc) is 3.63. The van der Waals surface area contributed by atoms with Gasteiger partial charge in [-0.05, 0) is 52.4 Å². The zero-order valence-corrected chi connectivity index (χ0v) is 24.8. The Hall–Kier alpha value is -6.00. The van der Waals surface area contributed by atoms with Crippen LogP contribution in [0.25, 0.3) is 49.2 Å². The molecular weight excluding hydrogens is 559 g/mol. The zero-order valence-electron chi connectivity index (χ0n) is 24.8. The fourth-order valence-corrected chi connectivity index (χ4v) is 8.35. The molecule has 4 heteroatoms. The molecule has 2 aromatic heterocycles. The van der Waals surface area contributed by atoms with Crippen molar-refractivity contribution in [2.45, 2.75) is 0 Å². The molecule has 212 valence electrons. The maximum absolute atomic E-state index is 6.63. The van der Waals surface area contributed by atoms with E-state index in [1.807, 2.05) is 0 Å². The van der Waals surface area contributed by atoms with Crippen LogP contribution in [0, 0.1) is 0 Å². The summed E-state index contributed by atoms with van der Waals surface area (Å²) in [4.78, 5) is 2.45. The lowest BCUT2D eigenvalue weighted by Gasteiger charge is -2.41. The van der Waals surface area contributed by atoms with Crippen molar-refractivity contribution in [3.8, 4) is 22.6 Å². The van der Waals surface area contributed by atoms with Crippen molar-refractivity contribution in [2.24, 2.45) is 0 Å². The molecule has 2 aliphatic rings. The highest BCUT2D eigenvalue weighted by atomic mass is 16.5. The van der Waals surface area contributed by atoms with Crippen LogP contribution in [-0.2, 0) is 0 Å². The summed E-state index contributed by atoms with van der Waals surface area (Å²) < 4.78 is 9.11. The molecule has 46 heavy (non-hydrogen) atoms. The maximum atomic E-state index is 6.63. The zero-order chi connectivity index (χ0) is 29.9. The van der Waals surface area contributed by atoms with Gasteiger partial charge in [0.25, 0.3) is 0 Å². The van der Waals surface area contributed by atoms with Gasteiger partial charge in [0.05, 0.1) is 27.9 Å². The Morgan fingerprint density at radius 1 is 0.457 bits per heavy atom. The van der Waals surface area contributed by atoms with E-state index >= 15 is 0 Å². The van der Waals surface area contributed by atoms with Crippen LogP contribution in [0.3, 0.4) is 0 Å². The molecule has 7 aromatic carbocycles. The lowest BCUT2D eigenvalue weighted by Crippen LogP contribution is -2.58. The van der Waals surface area contributed by atoms with E-state index in [4.69, 9.17) is 4.74 Å². The molecule has 2 aliphatic heterocycles. The van der Waals surface area contributed by atoms with E-state index in [1.54, 1.807) is 0 Å². The predicted octanol–water partition coefficient (Wildman–Crippen LogP) is 8.91. The second-order valence-electron chi connectivity index (χ2n) is 12.5. The Morgan fingerprint density at radius 2 is 1.15 bits per heavy atom. The molecule has 0 fully saturated rings. The van der Waals surface area contributed by atoms with Gasteiger partial charge < -0.3 is 14.0 Å². The van der Waals surface area contributed by atoms with Crippen LogP contribution < -0.4 is 26.0 Å². The Morgan fingerprint density at radius 3 is 2.09 bits per heavy atom. The van der Waals surface area contributed by atoms with Crippen molar-refractivity contribution in [1.29, 1.82) is 0 Å². The number of benzene rings is 7. The smallest absolute Gasteiger partial charge is 0.247 e. The number of nitrogens with zero attached hydrogens (tertiary/aromatic N) is 2. The van der Waals surface area contributed by atoms with Gasteiger partial charge in [-0.1, -0.05) is 127 Å². The van der Waals surface area contributed by atoms with Gasteiger partial charge in [0.2, 0.25) is 6.71 Å². The van der Waals surface area contributed by atoms with Gasteiger partial charge in [-0.3, -0.25) is 0 Å². The maximum Gasteiger partial charge on any atom is 0.247 e. The highest BCUT2D eigenvalue weighted by Gasteiger charge is 2.41. The van der Waals surface area contributed by atoms with Crippen molar-refractivity contribution in [1.82, 2.24) is 4.40 Å². The summed E-state index contributed by atoms with van der Waals surface area (Å²) in [6, 6.07) is 55.2. The third-order valence-corrected chi connectivity index (χ3v) is 10.2. The first-order chi connectivity index (χ1) is 22.8. The largest absolute Gasteiger partial charge is 0.453 e. The van der Waals surface area contributed by atoms with Crippen molar-refractivity contribution in [2.75, 3.05) is 4.90 Å². The Kier molecular flexibility index (Phi) is 4.66. The average molecular weight is 584 g/mol. The van der Waals surface area contributed by atoms with Gasteiger partial charge in [0.15, 0.2) is 11.5 Å². The van der Waals surface area contributed by atoms with Crippen molar-refractivity contribution >= 4 is 78.3 Å². The first-order valence-corrected chi connectivity index (χ1v) is 15.9. The summed E-state index contributed by atoms with van der Waals surface area (Å²) in [5.41, 5.74) is 13.5. The molecule has 0 saturated carbocycles. The quantitative estimate of drug-likeness (QED) is 0.189. The number of ether oxygens (including phenoxy) is 1. The van der Waals surface area contributed by atoms with Crippen LogP contribution in [0.4, 0.5) is 17.1 Å². The topological polar surface area (TPSA) is 16.9 Å². The van der Waals surface area contributed by atoms with E-state index in [1.165, 1.54) is 71.3 Å². The molecule has 0 atom stereocenters. The predicted molar refractivity (Wildman–Crippen MR) is 192 cm³/mol. The number of hydrogen-bond acceptors (Lipinski definition) is 2. The van der Waals surface area contributed by atoms with Gasteiger partial charge in [0.1, 0.15) is 0 Å². The molecule has 0 saturated heterocycles. The summed E-state index contributed by atoms with van der Waals surface area (Å²) in [6.07, 6.45) is 0. The molecule has 0 bridgehead atoms. The molecule has 11 rings (SSSR count). The highest BCUT2D eigenvalue weighted by Crippen LogP contribution is 2.51. The van der Waals surface area contributed by atoms with Crippen molar-refractivity contribution in [3.63, 3.8) is 0 Å². The van der Waals surface area contributed by atoms with E-state index in [-0.39, 0.29) is 6.71 Å². The van der Waals surface area contributed by atoms with Crippen molar-refractivity contribution in [3.05, 3.63) is 152 Å². The fraction of sp³-hybridized carbons (Fsp3) is 0. The molecular formula is C42H25BN2O. The number of rotatable bonds is 2. The van der Waals surface area contributed by atoms with Gasteiger partial charge in [0, 0.05) is 27.2 Å². The molecule has 3 nitrogen and oxygen atoms in total. The monoisotopic (exact) mass is 584 g/mol. The molecule has 0 radical (unpaired) electrons. The van der Waals surface area contributed by atoms with Gasteiger partial charge in [-0.15, -0.1) is 0 Å². The first kappa shape index (κ1) is 24.3. The number of aromatic nitrogens is 1. The molecule has 4 heterocycles. The van der Waals surface area contributed by atoms with E-state index in [9.17, 15) is 0 Å². The van der Waals surface area contributed by atoms with Crippen LogP contribution in [0.15, 0.2) is 152 Å². The van der Waals surface area contributed by atoms with E-state index in [0.717, 1.165) is 22.9 Å². The lowest BCUT2D eigenvalue weighted by molar-refractivity contribution is 0.477. The number of fused-ring (bicyclic) bond motifs is 10. The van der Waals surface area contributed by atoms with Crippen LogP contribution in [0.5, 0.6) is 11.5 Å². The van der Waals surface area contributed by atoms with Crippen LogP contribution >= 0.6 is 0 Å². The Balaban J connectivity index is 1.31. The summed E-state index contributed by atoms with van der Waals surface area (Å²) in [7, 11) is 0. The third kappa shape index (κ3) is 3.03. The number of hydrogen-bond donors (Lipinski definition) is 0. The molecule has 0 spiro atoms. The highest BCUT2D eigenvalue weighted by molar-refractivity contribution is 6.99. The summed E-state index contributed by atoms with van der Waals surface area (Å²) in [6.45, 7) is 0.00711. The van der Waals surface area contributed by atoms with E-state index in [0.29, 0.717) is 0 Å². The summed E-state index contributed by atoms with van der Waals surface area (Å²) in [5.74, 6) is 1.76. The minimum absolute atomic E-state index is 0.00711. The minimum atomic E-state index is 0.00711.